The first-order chi connectivity index (χ1) is 12.5. The first-order valence-corrected chi connectivity index (χ1v) is 8.97. The predicted molar refractivity (Wildman–Crippen MR) is 103 cm³/mol. The number of rotatable bonds is 5. The van der Waals surface area contributed by atoms with E-state index in [1.165, 1.54) is 24.3 Å². The molecule has 2 aromatic rings. The van der Waals surface area contributed by atoms with Gasteiger partial charge in [0.25, 0.3) is 5.91 Å². The molecule has 1 atom stereocenters. The molecule has 0 aliphatic carbocycles. The summed E-state index contributed by atoms with van der Waals surface area (Å²) in [5.41, 5.74) is 1.31. The fourth-order valence-electron chi connectivity index (χ4n) is 2.62. The molecular formula is C19H14FNO3S2. The number of hydrogen-bond acceptors (Lipinski definition) is 4. The second-order valence-corrected chi connectivity index (χ2v) is 7.33. The highest BCUT2D eigenvalue weighted by molar-refractivity contribution is 8.26. The summed E-state index contributed by atoms with van der Waals surface area (Å²) in [6.45, 7) is 0. The minimum atomic E-state index is -1.13. The van der Waals surface area contributed by atoms with Crippen LogP contribution >= 0.6 is 24.0 Å². The summed E-state index contributed by atoms with van der Waals surface area (Å²) in [5, 5.41) is 9.61. The Balaban J connectivity index is 1.88. The number of carboxylic acids is 1. The zero-order valence-corrected chi connectivity index (χ0v) is 15.1. The maximum Gasteiger partial charge on any atom is 0.327 e. The van der Waals surface area contributed by atoms with E-state index in [9.17, 15) is 19.1 Å². The van der Waals surface area contributed by atoms with Gasteiger partial charge < -0.3 is 5.11 Å². The minimum Gasteiger partial charge on any atom is -0.480 e. The van der Waals surface area contributed by atoms with Crippen LogP contribution in [-0.4, -0.2) is 32.2 Å². The van der Waals surface area contributed by atoms with Gasteiger partial charge in [-0.2, -0.15) is 0 Å². The molecule has 0 unspecified atom stereocenters. The van der Waals surface area contributed by atoms with Crippen molar-refractivity contribution in [3.05, 3.63) is 76.4 Å². The number of carbonyl (C=O) groups is 2. The van der Waals surface area contributed by atoms with Crippen molar-refractivity contribution in [3.63, 3.8) is 0 Å². The van der Waals surface area contributed by atoms with Gasteiger partial charge in [0.05, 0.1) is 4.91 Å². The number of thiocarbonyl (C=S) groups is 1. The van der Waals surface area contributed by atoms with Crippen LogP contribution in [0.2, 0.25) is 0 Å². The zero-order chi connectivity index (χ0) is 18.7. The predicted octanol–water partition coefficient (Wildman–Crippen LogP) is 3.72. The number of carboxylic acid groups (broad SMARTS) is 1. The van der Waals surface area contributed by atoms with E-state index in [-0.39, 0.29) is 15.6 Å². The van der Waals surface area contributed by atoms with Gasteiger partial charge in [-0.05, 0) is 29.3 Å². The van der Waals surface area contributed by atoms with Gasteiger partial charge in [0.1, 0.15) is 16.2 Å². The fourth-order valence-corrected chi connectivity index (χ4v) is 3.98. The summed E-state index contributed by atoms with van der Waals surface area (Å²) in [7, 11) is 0. The van der Waals surface area contributed by atoms with E-state index in [1.807, 2.05) is 18.2 Å². The van der Waals surface area contributed by atoms with Crippen molar-refractivity contribution < 1.29 is 19.1 Å². The molecule has 2 aromatic carbocycles. The summed E-state index contributed by atoms with van der Waals surface area (Å²) in [4.78, 5) is 25.9. The molecule has 0 spiro atoms. The van der Waals surface area contributed by atoms with Gasteiger partial charge >= 0.3 is 5.97 Å². The Morgan fingerprint density at radius 1 is 1.23 bits per heavy atom. The van der Waals surface area contributed by atoms with Crippen molar-refractivity contribution in [2.75, 3.05) is 0 Å². The van der Waals surface area contributed by atoms with Gasteiger partial charge in [0, 0.05) is 6.42 Å². The Labute approximate surface area is 159 Å². The molecule has 132 valence electrons. The standard InChI is InChI=1S/C19H14FNO3S2/c20-14-8-4-7-13(9-14)11-16-17(22)21(19(25)26-16)15(18(23)24)10-12-5-2-1-3-6-12/h1-9,11,15H,10H2,(H,23,24)/b16-11+/t15-/m1/s1. The molecule has 1 N–H and O–H groups in total. The largest absolute Gasteiger partial charge is 0.480 e. The lowest BCUT2D eigenvalue weighted by Crippen LogP contribution is -2.45. The number of nitrogens with zero attached hydrogens (tertiary/aromatic N) is 1. The van der Waals surface area contributed by atoms with Crippen LogP contribution in [0.1, 0.15) is 11.1 Å². The van der Waals surface area contributed by atoms with Crippen LogP contribution < -0.4 is 0 Å². The van der Waals surface area contributed by atoms with E-state index in [0.29, 0.717) is 5.56 Å². The molecule has 0 saturated carbocycles. The molecule has 1 aliphatic heterocycles. The summed E-state index contributed by atoms with van der Waals surface area (Å²) in [5.74, 6) is -2.02. The Morgan fingerprint density at radius 3 is 2.62 bits per heavy atom. The summed E-state index contributed by atoms with van der Waals surface area (Å²) in [6, 6.07) is 13.8. The molecule has 4 nitrogen and oxygen atoms in total. The van der Waals surface area contributed by atoms with Gasteiger partial charge in [0.2, 0.25) is 0 Å². The summed E-state index contributed by atoms with van der Waals surface area (Å²) >= 11 is 6.26. The smallest absolute Gasteiger partial charge is 0.327 e. The average Bonchev–Trinajstić information content (AvgIpc) is 2.87. The first-order valence-electron chi connectivity index (χ1n) is 7.75. The molecule has 0 aromatic heterocycles. The van der Waals surface area contributed by atoms with Gasteiger partial charge in [-0.25, -0.2) is 9.18 Å². The number of benzene rings is 2. The van der Waals surface area contributed by atoms with Crippen molar-refractivity contribution in [1.29, 1.82) is 0 Å². The SMILES string of the molecule is O=C(O)[C@@H](Cc1ccccc1)N1C(=O)/C(=C\c2cccc(F)c2)SC1=S. The maximum absolute atomic E-state index is 13.3. The minimum absolute atomic E-state index is 0.149. The highest BCUT2D eigenvalue weighted by Crippen LogP contribution is 2.34. The third-order valence-corrected chi connectivity index (χ3v) is 5.17. The molecule has 0 bridgehead atoms. The Kier molecular flexibility index (Phi) is 5.49. The van der Waals surface area contributed by atoms with E-state index in [0.717, 1.165) is 22.2 Å². The molecule has 1 amide bonds. The average molecular weight is 387 g/mol. The van der Waals surface area contributed by atoms with Gasteiger partial charge in [-0.15, -0.1) is 0 Å². The first kappa shape index (κ1) is 18.3. The lowest BCUT2D eigenvalue weighted by molar-refractivity contribution is -0.145. The molecule has 1 heterocycles. The molecule has 26 heavy (non-hydrogen) atoms. The number of thioether (sulfide) groups is 1. The number of aliphatic carboxylic acids is 1. The van der Waals surface area contributed by atoms with Crippen LogP contribution in [0.5, 0.6) is 0 Å². The monoisotopic (exact) mass is 387 g/mol. The van der Waals surface area contributed by atoms with Gasteiger partial charge in [-0.3, -0.25) is 9.69 Å². The lowest BCUT2D eigenvalue weighted by atomic mass is 10.0. The van der Waals surface area contributed by atoms with Crippen LogP contribution in [0.4, 0.5) is 4.39 Å². The fraction of sp³-hybridized carbons (Fsp3) is 0.105. The third-order valence-electron chi connectivity index (χ3n) is 3.84. The molecule has 1 fully saturated rings. The Morgan fingerprint density at radius 2 is 1.96 bits per heavy atom. The topological polar surface area (TPSA) is 57.6 Å². The molecule has 3 rings (SSSR count). The normalized spacial score (nSPS) is 17.0. The molecule has 0 radical (unpaired) electrons. The number of hydrogen-bond donors (Lipinski definition) is 1. The van der Waals surface area contributed by atoms with Crippen molar-refractivity contribution in [3.8, 4) is 0 Å². The van der Waals surface area contributed by atoms with Crippen LogP contribution in [0.3, 0.4) is 0 Å². The number of carbonyl (C=O) groups excluding carboxylic acids is 1. The van der Waals surface area contributed by atoms with Crippen molar-refractivity contribution in [1.82, 2.24) is 4.90 Å². The number of halogens is 1. The highest BCUT2D eigenvalue weighted by atomic mass is 32.2. The van der Waals surface area contributed by atoms with Crippen LogP contribution in [-0.2, 0) is 16.0 Å². The quantitative estimate of drug-likeness (QED) is 0.626. The van der Waals surface area contributed by atoms with Crippen molar-refractivity contribution in [2.45, 2.75) is 12.5 Å². The Bertz CT molecular complexity index is 899. The van der Waals surface area contributed by atoms with E-state index >= 15 is 0 Å². The zero-order valence-electron chi connectivity index (χ0n) is 13.5. The van der Waals surface area contributed by atoms with Crippen molar-refractivity contribution in [2.24, 2.45) is 0 Å². The van der Waals surface area contributed by atoms with E-state index in [1.54, 1.807) is 18.2 Å². The molecule has 1 aliphatic rings. The molecule has 7 heteroatoms. The molecular weight excluding hydrogens is 373 g/mol. The highest BCUT2D eigenvalue weighted by Gasteiger charge is 2.40. The van der Waals surface area contributed by atoms with Crippen LogP contribution in [0.25, 0.3) is 6.08 Å². The van der Waals surface area contributed by atoms with E-state index in [2.05, 4.69) is 0 Å². The summed E-state index contributed by atoms with van der Waals surface area (Å²) in [6.07, 6.45) is 1.67. The van der Waals surface area contributed by atoms with Crippen LogP contribution in [0.15, 0.2) is 59.5 Å². The molecule has 1 saturated heterocycles. The second-order valence-electron chi connectivity index (χ2n) is 5.65. The van der Waals surface area contributed by atoms with E-state index in [4.69, 9.17) is 12.2 Å². The number of amides is 1. The third kappa shape index (κ3) is 4.00. The summed E-state index contributed by atoms with van der Waals surface area (Å²) < 4.78 is 13.5. The van der Waals surface area contributed by atoms with Crippen molar-refractivity contribution >= 4 is 46.3 Å². The van der Waals surface area contributed by atoms with Gasteiger partial charge in [0.15, 0.2) is 0 Å². The lowest BCUT2D eigenvalue weighted by Gasteiger charge is -2.23. The van der Waals surface area contributed by atoms with Gasteiger partial charge in [-0.1, -0.05) is 66.4 Å². The second kappa shape index (κ2) is 7.80. The Hall–Kier alpha value is -2.51. The van der Waals surface area contributed by atoms with E-state index < -0.39 is 23.7 Å². The van der Waals surface area contributed by atoms with Crippen LogP contribution in [0, 0.1) is 5.82 Å². The maximum atomic E-state index is 13.3.